The standard InChI is InChI=1S/C27H48O/c1-4-7-10-11-12-13-14-15-16-21-25(26-22-17-18-23-27(26)28)24(19-8-5-2)20-9-6-3/h17-18,22-25,28H,4-16,19-21H2,1-3H3. The van der Waals surface area contributed by atoms with Gasteiger partial charge in [0.15, 0.2) is 0 Å². The molecule has 0 aliphatic rings. The van der Waals surface area contributed by atoms with Crippen molar-refractivity contribution in [3.05, 3.63) is 29.8 Å². The van der Waals surface area contributed by atoms with E-state index in [-0.39, 0.29) is 0 Å². The molecule has 1 heteroatoms. The Morgan fingerprint density at radius 1 is 0.607 bits per heavy atom. The third kappa shape index (κ3) is 10.5. The van der Waals surface area contributed by atoms with E-state index in [9.17, 15) is 5.11 Å². The van der Waals surface area contributed by atoms with Crippen LogP contribution in [0, 0.1) is 5.92 Å². The summed E-state index contributed by atoms with van der Waals surface area (Å²) < 4.78 is 0. The summed E-state index contributed by atoms with van der Waals surface area (Å²) in [4.78, 5) is 0. The average Bonchev–Trinajstić information content (AvgIpc) is 2.71. The molecule has 0 aliphatic carbocycles. The number of aromatic hydroxyl groups is 1. The van der Waals surface area contributed by atoms with Gasteiger partial charge in [-0.1, -0.05) is 122 Å². The minimum absolute atomic E-state index is 0.515. The fourth-order valence-electron chi connectivity index (χ4n) is 4.60. The Hall–Kier alpha value is -0.980. The largest absolute Gasteiger partial charge is 0.508 e. The Labute approximate surface area is 176 Å². The summed E-state index contributed by atoms with van der Waals surface area (Å²) in [6.45, 7) is 6.88. The highest BCUT2D eigenvalue weighted by atomic mass is 16.3. The maximum Gasteiger partial charge on any atom is 0.119 e. The monoisotopic (exact) mass is 388 g/mol. The molecule has 0 saturated heterocycles. The Kier molecular flexibility index (Phi) is 15.1. The molecular formula is C27H48O. The molecule has 0 aromatic heterocycles. The summed E-state index contributed by atoms with van der Waals surface area (Å²) in [5, 5.41) is 10.5. The Bertz CT molecular complexity index is 459. The van der Waals surface area contributed by atoms with Crippen molar-refractivity contribution in [2.45, 2.75) is 129 Å². The van der Waals surface area contributed by atoms with Gasteiger partial charge >= 0.3 is 0 Å². The number of hydrogen-bond acceptors (Lipinski definition) is 1. The predicted octanol–water partition coefficient (Wildman–Crippen LogP) is 9.39. The quantitative estimate of drug-likeness (QED) is 0.248. The lowest BCUT2D eigenvalue weighted by atomic mass is 9.77. The average molecular weight is 389 g/mol. The van der Waals surface area contributed by atoms with Crippen LogP contribution in [0.1, 0.15) is 135 Å². The van der Waals surface area contributed by atoms with E-state index in [0.717, 1.165) is 5.92 Å². The molecule has 1 aromatic carbocycles. The second kappa shape index (κ2) is 16.9. The normalized spacial score (nSPS) is 12.6. The van der Waals surface area contributed by atoms with E-state index < -0.39 is 0 Å². The zero-order chi connectivity index (χ0) is 20.5. The molecule has 0 radical (unpaired) electrons. The summed E-state index contributed by atoms with van der Waals surface area (Å²) in [6, 6.07) is 8.13. The second-order valence-corrected chi connectivity index (χ2v) is 8.83. The zero-order valence-corrected chi connectivity index (χ0v) is 19.2. The second-order valence-electron chi connectivity index (χ2n) is 8.83. The van der Waals surface area contributed by atoms with E-state index in [2.05, 4.69) is 32.9 Å². The summed E-state index contributed by atoms with van der Waals surface area (Å²) in [5.74, 6) is 1.77. The van der Waals surface area contributed by atoms with Crippen molar-refractivity contribution in [3.8, 4) is 5.75 Å². The van der Waals surface area contributed by atoms with Crippen molar-refractivity contribution in [1.82, 2.24) is 0 Å². The van der Waals surface area contributed by atoms with Crippen molar-refractivity contribution >= 4 is 0 Å². The van der Waals surface area contributed by atoms with Crippen molar-refractivity contribution in [2.24, 2.45) is 5.92 Å². The first-order chi connectivity index (χ1) is 13.7. The molecule has 1 aromatic rings. The molecule has 0 saturated carbocycles. The Morgan fingerprint density at radius 2 is 1.11 bits per heavy atom. The maximum atomic E-state index is 10.5. The number of phenols is 1. The smallest absolute Gasteiger partial charge is 0.119 e. The number of para-hydroxylation sites is 1. The van der Waals surface area contributed by atoms with Gasteiger partial charge < -0.3 is 5.11 Å². The molecule has 1 unspecified atom stereocenters. The van der Waals surface area contributed by atoms with Gasteiger partial charge in [-0.2, -0.15) is 0 Å². The van der Waals surface area contributed by atoms with E-state index in [0.29, 0.717) is 11.7 Å². The molecule has 0 bridgehead atoms. The fraction of sp³-hybridized carbons (Fsp3) is 0.778. The van der Waals surface area contributed by atoms with Gasteiger partial charge in [-0.3, -0.25) is 0 Å². The van der Waals surface area contributed by atoms with Crippen LogP contribution in [-0.2, 0) is 0 Å². The van der Waals surface area contributed by atoms with Gasteiger partial charge in [0.2, 0.25) is 0 Å². The van der Waals surface area contributed by atoms with Crippen LogP contribution < -0.4 is 0 Å². The minimum Gasteiger partial charge on any atom is -0.508 e. The zero-order valence-electron chi connectivity index (χ0n) is 19.2. The van der Waals surface area contributed by atoms with Crippen LogP contribution in [0.3, 0.4) is 0 Å². The van der Waals surface area contributed by atoms with E-state index >= 15 is 0 Å². The van der Waals surface area contributed by atoms with Gasteiger partial charge in [-0.15, -0.1) is 0 Å². The highest BCUT2D eigenvalue weighted by molar-refractivity contribution is 5.35. The van der Waals surface area contributed by atoms with Gasteiger partial charge in [-0.05, 0) is 42.7 Å². The van der Waals surface area contributed by atoms with Crippen LogP contribution in [0.4, 0.5) is 0 Å². The Morgan fingerprint density at radius 3 is 1.64 bits per heavy atom. The van der Waals surface area contributed by atoms with Crippen LogP contribution in [0.2, 0.25) is 0 Å². The first-order valence-corrected chi connectivity index (χ1v) is 12.5. The summed E-state index contributed by atoms with van der Waals surface area (Å²) in [6.07, 6.45) is 21.5. The molecule has 1 atom stereocenters. The van der Waals surface area contributed by atoms with Crippen LogP contribution in [0.5, 0.6) is 5.75 Å². The van der Waals surface area contributed by atoms with Gasteiger partial charge in [0.05, 0.1) is 0 Å². The first-order valence-electron chi connectivity index (χ1n) is 12.5. The number of hydrogen-bond donors (Lipinski definition) is 1. The predicted molar refractivity (Wildman–Crippen MR) is 125 cm³/mol. The number of phenolic OH excluding ortho intramolecular Hbond substituents is 1. The number of unbranched alkanes of at least 4 members (excludes halogenated alkanes) is 10. The molecule has 0 heterocycles. The lowest BCUT2D eigenvalue weighted by molar-refractivity contribution is 0.320. The van der Waals surface area contributed by atoms with Crippen molar-refractivity contribution in [1.29, 1.82) is 0 Å². The molecule has 1 N–H and O–H groups in total. The molecule has 28 heavy (non-hydrogen) atoms. The lowest BCUT2D eigenvalue weighted by Gasteiger charge is -2.28. The third-order valence-corrected chi connectivity index (χ3v) is 6.38. The van der Waals surface area contributed by atoms with Crippen molar-refractivity contribution in [3.63, 3.8) is 0 Å². The van der Waals surface area contributed by atoms with E-state index in [1.807, 2.05) is 12.1 Å². The first kappa shape index (κ1) is 25.1. The summed E-state index contributed by atoms with van der Waals surface area (Å²) in [7, 11) is 0. The molecule has 0 aliphatic heterocycles. The third-order valence-electron chi connectivity index (χ3n) is 6.38. The van der Waals surface area contributed by atoms with E-state index in [1.54, 1.807) is 0 Å². The molecule has 0 amide bonds. The highest BCUT2D eigenvalue weighted by Gasteiger charge is 2.24. The van der Waals surface area contributed by atoms with Crippen molar-refractivity contribution < 1.29 is 5.11 Å². The van der Waals surface area contributed by atoms with Gasteiger partial charge in [0.1, 0.15) is 5.75 Å². The molecule has 1 rings (SSSR count). The van der Waals surface area contributed by atoms with Crippen LogP contribution in [-0.4, -0.2) is 5.11 Å². The minimum atomic E-state index is 0.515. The van der Waals surface area contributed by atoms with Crippen molar-refractivity contribution in [2.75, 3.05) is 0 Å². The molecule has 162 valence electrons. The Balaban J connectivity index is 2.57. The maximum absolute atomic E-state index is 10.5. The number of benzene rings is 1. The van der Waals surface area contributed by atoms with E-state index in [4.69, 9.17) is 0 Å². The van der Waals surface area contributed by atoms with Gasteiger partial charge in [-0.25, -0.2) is 0 Å². The SMILES string of the molecule is CCCCCCCCCCCC(c1ccccc1O)C(CCCC)CCCC. The van der Waals surface area contributed by atoms with E-state index in [1.165, 1.54) is 108 Å². The van der Waals surface area contributed by atoms with Gasteiger partial charge in [0, 0.05) is 0 Å². The van der Waals surface area contributed by atoms with Crippen LogP contribution >= 0.6 is 0 Å². The molecule has 0 spiro atoms. The summed E-state index contributed by atoms with van der Waals surface area (Å²) in [5.41, 5.74) is 1.21. The highest BCUT2D eigenvalue weighted by Crippen LogP contribution is 2.40. The fourth-order valence-corrected chi connectivity index (χ4v) is 4.60. The summed E-state index contributed by atoms with van der Waals surface area (Å²) >= 11 is 0. The van der Waals surface area contributed by atoms with Crippen LogP contribution in [0.25, 0.3) is 0 Å². The molecule has 1 nitrogen and oxygen atoms in total. The topological polar surface area (TPSA) is 20.2 Å². The van der Waals surface area contributed by atoms with Crippen LogP contribution in [0.15, 0.2) is 24.3 Å². The lowest BCUT2D eigenvalue weighted by Crippen LogP contribution is -2.14. The number of rotatable bonds is 18. The van der Waals surface area contributed by atoms with Gasteiger partial charge in [0.25, 0.3) is 0 Å². The molecular weight excluding hydrogens is 340 g/mol. The molecule has 0 fully saturated rings.